The number of nitrogens with zero attached hydrogens (tertiary/aromatic N) is 5. The first kappa shape index (κ1) is 28.9. The molecule has 1 aromatic heterocycles. The minimum absolute atomic E-state index is 0.0659. The number of likely N-dealkylation sites (N-methyl/N-ethyl adjacent to an activating group) is 1. The fourth-order valence-corrected chi connectivity index (χ4v) is 5.91. The number of benzene rings is 2. The fraction of sp³-hybridized carbons (Fsp3) is 0.464. The number of ether oxygens (including phenoxy) is 1. The van der Waals surface area contributed by atoms with Gasteiger partial charge in [0.15, 0.2) is 0 Å². The molecule has 0 saturated heterocycles. The maximum absolute atomic E-state index is 13.5. The van der Waals surface area contributed by atoms with Gasteiger partial charge in [0, 0.05) is 39.0 Å². The van der Waals surface area contributed by atoms with Gasteiger partial charge in [-0.15, -0.1) is 5.10 Å². The van der Waals surface area contributed by atoms with Crippen molar-refractivity contribution in [3.63, 3.8) is 0 Å². The Balaban J connectivity index is 1.56. The smallest absolute Gasteiger partial charge is 0.242 e. The molecule has 210 valence electrons. The second kappa shape index (κ2) is 12.8. The van der Waals surface area contributed by atoms with Gasteiger partial charge in [-0.3, -0.25) is 4.79 Å². The average Bonchev–Trinajstić information content (AvgIpc) is 3.40. The van der Waals surface area contributed by atoms with Crippen LogP contribution in [0.5, 0.6) is 0 Å². The van der Waals surface area contributed by atoms with Crippen LogP contribution in [0.25, 0.3) is 11.1 Å². The van der Waals surface area contributed by atoms with Crippen LogP contribution >= 0.6 is 0 Å². The number of carbonyl (C=O) groups excluding carboxylic acids is 1. The third-order valence-corrected chi connectivity index (χ3v) is 9.08. The first-order chi connectivity index (χ1) is 18.7. The predicted octanol–water partition coefficient (Wildman–Crippen LogP) is 2.79. The highest BCUT2D eigenvalue weighted by Gasteiger charge is 2.31. The number of aromatic nitrogens is 3. The molecule has 1 aliphatic rings. The van der Waals surface area contributed by atoms with Gasteiger partial charge in [0.05, 0.1) is 42.1 Å². The number of fused-ring (bicyclic) bond motifs is 1. The summed E-state index contributed by atoms with van der Waals surface area (Å²) in [5.41, 5.74) is 2.71. The number of aliphatic hydroxyl groups excluding tert-OH is 1. The molecule has 0 saturated carbocycles. The molecule has 10 nitrogen and oxygen atoms in total. The van der Waals surface area contributed by atoms with Crippen LogP contribution in [0.4, 0.5) is 0 Å². The Morgan fingerprint density at radius 2 is 1.82 bits per heavy atom. The summed E-state index contributed by atoms with van der Waals surface area (Å²) in [6, 6.07) is 16.3. The van der Waals surface area contributed by atoms with E-state index in [1.165, 1.54) is 11.4 Å². The highest BCUT2D eigenvalue weighted by atomic mass is 32.2. The van der Waals surface area contributed by atoms with Crippen molar-refractivity contribution < 1.29 is 23.1 Å². The largest absolute Gasteiger partial charge is 0.394 e. The highest BCUT2D eigenvalue weighted by Crippen LogP contribution is 2.24. The molecule has 0 bridgehead atoms. The quantitative estimate of drug-likeness (QED) is 0.476. The number of rotatable bonds is 7. The van der Waals surface area contributed by atoms with Crippen molar-refractivity contribution in [1.29, 1.82) is 0 Å². The Kier molecular flexibility index (Phi) is 9.49. The summed E-state index contributed by atoms with van der Waals surface area (Å²) in [7, 11) is -2.26. The van der Waals surface area contributed by atoms with Crippen molar-refractivity contribution >= 4 is 15.9 Å². The number of sulfonamides is 1. The summed E-state index contributed by atoms with van der Waals surface area (Å²) in [6.07, 6.45) is 2.00. The molecule has 0 unspecified atom stereocenters. The normalized spacial score (nSPS) is 20.2. The zero-order valence-corrected chi connectivity index (χ0v) is 23.5. The second-order valence-corrected chi connectivity index (χ2v) is 12.2. The summed E-state index contributed by atoms with van der Waals surface area (Å²) in [5, 5.41) is 17.9. The van der Waals surface area contributed by atoms with Gasteiger partial charge in [0.1, 0.15) is 0 Å². The molecular weight excluding hydrogens is 518 g/mol. The number of aliphatic hydroxyl groups is 1. The summed E-state index contributed by atoms with van der Waals surface area (Å²) in [5.74, 6) is -0.284. The molecule has 0 radical (unpaired) electrons. The van der Waals surface area contributed by atoms with E-state index in [0.29, 0.717) is 25.9 Å². The SMILES string of the molecule is C[C@H](CO)N1C[C@H](C)[C@@H](CN(C)S(=O)(=O)c2ccc(-c3ccccc3)cc2)OCc2cnnn2CCCC1=O. The minimum Gasteiger partial charge on any atom is -0.394 e. The summed E-state index contributed by atoms with van der Waals surface area (Å²) in [4.78, 5) is 14.9. The summed E-state index contributed by atoms with van der Waals surface area (Å²) in [6.45, 7) is 4.72. The van der Waals surface area contributed by atoms with Gasteiger partial charge in [-0.25, -0.2) is 13.1 Å². The molecule has 39 heavy (non-hydrogen) atoms. The van der Waals surface area contributed by atoms with Crippen LogP contribution in [0.1, 0.15) is 32.4 Å². The first-order valence-electron chi connectivity index (χ1n) is 13.2. The fourth-order valence-electron chi connectivity index (χ4n) is 4.73. The Morgan fingerprint density at radius 1 is 1.13 bits per heavy atom. The molecule has 4 rings (SSSR count). The second-order valence-electron chi connectivity index (χ2n) is 10.1. The molecule has 0 aliphatic carbocycles. The third kappa shape index (κ3) is 6.91. The molecule has 1 aliphatic heterocycles. The maximum atomic E-state index is 13.5. The van der Waals surface area contributed by atoms with Gasteiger partial charge >= 0.3 is 0 Å². The van der Waals surface area contributed by atoms with Crippen LogP contribution in [-0.4, -0.2) is 82.5 Å². The topological polar surface area (TPSA) is 118 Å². The zero-order valence-electron chi connectivity index (χ0n) is 22.7. The van der Waals surface area contributed by atoms with Crippen molar-refractivity contribution in [2.24, 2.45) is 5.92 Å². The van der Waals surface area contributed by atoms with Crippen LogP contribution in [0.2, 0.25) is 0 Å². The Bertz CT molecular complexity index is 1330. The molecule has 1 N–H and O–H groups in total. The number of carbonyl (C=O) groups is 1. The number of aryl methyl sites for hydroxylation is 1. The van der Waals surface area contributed by atoms with Crippen molar-refractivity contribution in [3.8, 4) is 11.1 Å². The van der Waals surface area contributed by atoms with Gasteiger partial charge in [-0.05, 0) is 36.6 Å². The van der Waals surface area contributed by atoms with Crippen molar-refractivity contribution in [3.05, 3.63) is 66.5 Å². The van der Waals surface area contributed by atoms with E-state index in [0.717, 1.165) is 16.8 Å². The van der Waals surface area contributed by atoms with E-state index in [2.05, 4.69) is 10.3 Å². The van der Waals surface area contributed by atoms with E-state index < -0.39 is 16.1 Å². The lowest BCUT2D eigenvalue weighted by Crippen LogP contribution is -2.47. The van der Waals surface area contributed by atoms with Gasteiger partial charge < -0.3 is 14.7 Å². The zero-order chi connectivity index (χ0) is 28.0. The molecule has 1 amide bonds. The van der Waals surface area contributed by atoms with E-state index in [1.807, 2.05) is 37.3 Å². The van der Waals surface area contributed by atoms with Crippen LogP contribution in [0.15, 0.2) is 65.7 Å². The summed E-state index contributed by atoms with van der Waals surface area (Å²) < 4.78 is 36.3. The number of hydrogen-bond acceptors (Lipinski definition) is 7. The third-order valence-electron chi connectivity index (χ3n) is 7.25. The molecule has 0 spiro atoms. The molecule has 2 aromatic carbocycles. The monoisotopic (exact) mass is 555 g/mol. The lowest BCUT2D eigenvalue weighted by Gasteiger charge is -2.35. The standard InChI is InChI=1S/C28H37N5O5S/c1-21-17-32(22(2)19-34)28(35)10-7-15-33-25(16-29-30-33)20-38-27(21)18-31(3)39(36,37)26-13-11-24(12-14-26)23-8-5-4-6-9-23/h4-6,8-9,11-14,16,21-22,27,34H,7,10,15,17-20H2,1-3H3/t21-,22+,27+/m0/s1. The summed E-state index contributed by atoms with van der Waals surface area (Å²) >= 11 is 0. The predicted molar refractivity (Wildman–Crippen MR) is 147 cm³/mol. The average molecular weight is 556 g/mol. The molecule has 3 aromatic rings. The van der Waals surface area contributed by atoms with E-state index in [-0.39, 0.29) is 42.5 Å². The molecular formula is C28H37N5O5S. The molecule has 0 fully saturated rings. The van der Waals surface area contributed by atoms with Crippen molar-refractivity contribution in [2.45, 2.75) is 56.9 Å². The maximum Gasteiger partial charge on any atom is 0.242 e. The Morgan fingerprint density at radius 3 is 2.51 bits per heavy atom. The Hall–Kier alpha value is -3.12. The van der Waals surface area contributed by atoms with E-state index in [1.54, 1.807) is 47.0 Å². The van der Waals surface area contributed by atoms with E-state index in [9.17, 15) is 18.3 Å². The lowest BCUT2D eigenvalue weighted by atomic mass is 10.0. The number of hydrogen-bond donors (Lipinski definition) is 1. The van der Waals surface area contributed by atoms with Crippen molar-refractivity contribution in [1.82, 2.24) is 24.2 Å². The molecule has 3 atom stereocenters. The van der Waals surface area contributed by atoms with Crippen LogP contribution < -0.4 is 0 Å². The van der Waals surface area contributed by atoms with Crippen LogP contribution in [0.3, 0.4) is 0 Å². The molecule has 11 heteroatoms. The number of amides is 1. The van der Waals surface area contributed by atoms with Gasteiger partial charge in [0.25, 0.3) is 0 Å². The first-order valence-corrected chi connectivity index (χ1v) is 14.7. The van der Waals surface area contributed by atoms with Crippen LogP contribution in [-0.2, 0) is 32.7 Å². The van der Waals surface area contributed by atoms with Crippen molar-refractivity contribution in [2.75, 3.05) is 26.7 Å². The van der Waals surface area contributed by atoms with E-state index >= 15 is 0 Å². The minimum atomic E-state index is -3.80. The van der Waals surface area contributed by atoms with Gasteiger partial charge in [0.2, 0.25) is 15.9 Å². The van der Waals surface area contributed by atoms with Gasteiger partial charge in [-0.2, -0.15) is 4.31 Å². The highest BCUT2D eigenvalue weighted by molar-refractivity contribution is 7.89. The molecule has 2 heterocycles. The lowest BCUT2D eigenvalue weighted by molar-refractivity contribution is -0.136. The Labute approximate surface area is 230 Å². The van der Waals surface area contributed by atoms with Crippen LogP contribution in [0, 0.1) is 5.92 Å². The van der Waals surface area contributed by atoms with Gasteiger partial charge in [-0.1, -0.05) is 54.6 Å². The van der Waals surface area contributed by atoms with E-state index in [4.69, 9.17) is 4.74 Å².